The van der Waals surface area contributed by atoms with Gasteiger partial charge in [0.1, 0.15) is 0 Å². The summed E-state index contributed by atoms with van der Waals surface area (Å²) in [5, 5.41) is 3.05. The SMILES string of the molecule is CCCC(C)C(=O)NC(C)c1cccc(Br)c1. The first-order valence-corrected chi connectivity index (χ1v) is 6.89. The molecule has 0 aliphatic carbocycles. The zero-order chi connectivity index (χ0) is 12.8. The van der Waals surface area contributed by atoms with Crippen LogP contribution in [0.2, 0.25) is 0 Å². The third kappa shape index (κ3) is 4.50. The predicted molar refractivity (Wildman–Crippen MR) is 74.8 cm³/mol. The zero-order valence-corrected chi connectivity index (χ0v) is 12.3. The summed E-state index contributed by atoms with van der Waals surface area (Å²) in [5.74, 6) is 0.230. The van der Waals surface area contributed by atoms with E-state index in [0.717, 1.165) is 22.9 Å². The number of halogens is 1. The molecule has 0 heterocycles. The van der Waals surface area contributed by atoms with E-state index in [0.29, 0.717) is 0 Å². The minimum absolute atomic E-state index is 0.0549. The van der Waals surface area contributed by atoms with Crippen molar-refractivity contribution in [2.24, 2.45) is 5.92 Å². The van der Waals surface area contributed by atoms with Gasteiger partial charge in [0.15, 0.2) is 0 Å². The highest BCUT2D eigenvalue weighted by atomic mass is 79.9. The minimum Gasteiger partial charge on any atom is -0.349 e. The van der Waals surface area contributed by atoms with Crippen LogP contribution >= 0.6 is 15.9 Å². The van der Waals surface area contributed by atoms with Gasteiger partial charge in [0.05, 0.1) is 6.04 Å². The lowest BCUT2D eigenvalue weighted by Crippen LogP contribution is -2.31. The molecular weight excluding hydrogens is 278 g/mol. The molecule has 1 N–H and O–H groups in total. The smallest absolute Gasteiger partial charge is 0.223 e. The summed E-state index contributed by atoms with van der Waals surface area (Å²) in [6.07, 6.45) is 1.98. The average molecular weight is 298 g/mol. The van der Waals surface area contributed by atoms with Gasteiger partial charge in [-0.15, -0.1) is 0 Å². The van der Waals surface area contributed by atoms with Crippen molar-refractivity contribution in [2.75, 3.05) is 0 Å². The average Bonchev–Trinajstić information content (AvgIpc) is 2.29. The monoisotopic (exact) mass is 297 g/mol. The van der Waals surface area contributed by atoms with Gasteiger partial charge in [-0.25, -0.2) is 0 Å². The number of hydrogen-bond acceptors (Lipinski definition) is 1. The highest BCUT2D eigenvalue weighted by Crippen LogP contribution is 2.18. The van der Waals surface area contributed by atoms with E-state index in [1.165, 1.54) is 0 Å². The van der Waals surface area contributed by atoms with Gasteiger partial charge in [0, 0.05) is 10.4 Å². The first-order valence-electron chi connectivity index (χ1n) is 6.10. The van der Waals surface area contributed by atoms with Crippen molar-refractivity contribution in [3.8, 4) is 0 Å². The molecule has 1 aromatic carbocycles. The third-order valence-electron chi connectivity index (χ3n) is 2.88. The Bertz CT molecular complexity index is 378. The normalized spacial score (nSPS) is 14.1. The molecule has 1 amide bonds. The number of carbonyl (C=O) groups is 1. The van der Waals surface area contributed by atoms with Gasteiger partial charge in [-0.2, -0.15) is 0 Å². The molecule has 3 heteroatoms. The molecule has 0 fully saturated rings. The van der Waals surface area contributed by atoms with Crippen molar-refractivity contribution >= 4 is 21.8 Å². The van der Waals surface area contributed by atoms with Gasteiger partial charge >= 0.3 is 0 Å². The maximum Gasteiger partial charge on any atom is 0.223 e. The Morgan fingerprint density at radius 3 is 2.71 bits per heavy atom. The Hall–Kier alpha value is -0.830. The molecule has 0 aliphatic heterocycles. The Morgan fingerprint density at radius 2 is 2.12 bits per heavy atom. The molecule has 2 unspecified atom stereocenters. The topological polar surface area (TPSA) is 29.1 Å². The Labute approximate surface area is 112 Å². The summed E-state index contributed by atoms with van der Waals surface area (Å²) in [6, 6.07) is 8.09. The molecular formula is C14H20BrNO. The van der Waals surface area contributed by atoms with Crippen molar-refractivity contribution < 1.29 is 4.79 Å². The van der Waals surface area contributed by atoms with Crippen LogP contribution in [0.1, 0.15) is 45.2 Å². The van der Waals surface area contributed by atoms with E-state index in [9.17, 15) is 4.79 Å². The summed E-state index contributed by atoms with van der Waals surface area (Å²) in [5.41, 5.74) is 1.12. The second-order valence-corrected chi connectivity index (χ2v) is 5.39. The highest BCUT2D eigenvalue weighted by Gasteiger charge is 2.15. The van der Waals surface area contributed by atoms with Gasteiger partial charge in [-0.1, -0.05) is 48.3 Å². The van der Waals surface area contributed by atoms with E-state index in [2.05, 4.69) is 28.2 Å². The molecule has 1 aromatic rings. The Balaban J connectivity index is 2.60. The van der Waals surface area contributed by atoms with E-state index in [-0.39, 0.29) is 17.9 Å². The Kier molecular flexibility index (Phi) is 5.69. The fourth-order valence-electron chi connectivity index (χ4n) is 1.78. The third-order valence-corrected chi connectivity index (χ3v) is 3.37. The van der Waals surface area contributed by atoms with Gasteiger partial charge in [0.2, 0.25) is 5.91 Å². The maximum absolute atomic E-state index is 11.9. The number of hydrogen-bond donors (Lipinski definition) is 1. The number of nitrogens with one attached hydrogen (secondary N) is 1. The molecule has 94 valence electrons. The Morgan fingerprint density at radius 1 is 1.41 bits per heavy atom. The van der Waals surface area contributed by atoms with Gasteiger partial charge in [-0.05, 0) is 31.0 Å². The molecule has 0 radical (unpaired) electrons. The van der Waals surface area contributed by atoms with E-state index in [1.807, 2.05) is 38.1 Å². The van der Waals surface area contributed by atoms with Crippen molar-refractivity contribution in [3.05, 3.63) is 34.3 Å². The molecule has 0 saturated carbocycles. The summed E-state index contributed by atoms with van der Waals surface area (Å²) in [7, 11) is 0. The molecule has 2 nitrogen and oxygen atoms in total. The van der Waals surface area contributed by atoms with E-state index in [1.54, 1.807) is 0 Å². The number of rotatable bonds is 5. The summed E-state index contributed by atoms with van der Waals surface area (Å²) in [4.78, 5) is 11.9. The van der Waals surface area contributed by atoms with Gasteiger partial charge in [-0.3, -0.25) is 4.79 Å². The first kappa shape index (κ1) is 14.2. The lowest BCUT2D eigenvalue weighted by atomic mass is 10.0. The summed E-state index contributed by atoms with van der Waals surface area (Å²) in [6.45, 7) is 6.09. The van der Waals surface area contributed by atoms with Crippen LogP contribution in [-0.2, 0) is 4.79 Å². The quantitative estimate of drug-likeness (QED) is 0.872. The molecule has 17 heavy (non-hydrogen) atoms. The van der Waals surface area contributed by atoms with Gasteiger partial charge < -0.3 is 5.32 Å². The van der Waals surface area contributed by atoms with Crippen LogP contribution in [0.4, 0.5) is 0 Å². The molecule has 1 rings (SSSR count). The van der Waals surface area contributed by atoms with E-state index < -0.39 is 0 Å². The van der Waals surface area contributed by atoms with Crippen LogP contribution in [0, 0.1) is 5.92 Å². The van der Waals surface area contributed by atoms with Crippen LogP contribution < -0.4 is 5.32 Å². The van der Waals surface area contributed by atoms with Crippen molar-refractivity contribution in [3.63, 3.8) is 0 Å². The number of carbonyl (C=O) groups excluding carboxylic acids is 1. The summed E-state index contributed by atoms with van der Waals surface area (Å²) < 4.78 is 1.04. The second kappa shape index (κ2) is 6.80. The van der Waals surface area contributed by atoms with Crippen molar-refractivity contribution in [1.29, 1.82) is 0 Å². The highest BCUT2D eigenvalue weighted by molar-refractivity contribution is 9.10. The van der Waals surface area contributed by atoms with Crippen molar-refractivity contribution in [1.82, 2.24) is 5.32 Å². The van der Waals surface area contributed by atoms with Crippen LogP contribution in [0.3, 0.4) is 0 Å². The van der Waals surface area contributed by atoms with Crippen LogP contribution in [0.5, 0.6) is 0 Å². The summed E-state index contributed by atoms with van der Waals surface area (Å²) >= 11 is 3.44. The van der Waals surface area contributed by atoms with Crippen molar-refractivity contribution in [2.45, 2.75) is 39.7 Å². The van der Waals surface area contributed by atoms with Gasteiger partial charge in [0.25, 0.3) is 0 Å². The largest absolute Gasteiger partial charge is 0.349 e. The molecule has 0 saturated heterocycles. The molecule has 0 spiro atoms. The minimum atomic E-state index is 0.0549. The van der Waals surface area contributed by atoms with Crippen LogP contribution in [-0.4, -0.2) is 5.91 Å². The predicted octanol–water partition coefficient (Wildman–Crippen LogP) is 4.06. The molecule has 0 bridgehead atoms. The first-order chi connectivity index (χ1) is 8.04. The lowest BCUT2D eigenvalue weighted by Gasteiger charge is -2.17. The second-order valence-electron chi connectivity index (χ2n) is 4.48. The van der Waals surface area contributed by atoms with E-state index in [4.69, 9.17) is 0 Å². The molecule has 0 aliphatic rings. The number of amides is 1. The standard InChI is InChI=1S/C14H20BrNO/c1-4-6-10(2)14(17)16-11(3)12-7-5-8-13(15)9-12/h5,7-11H,4,6H2,1-3H3,(H,16,17). The number of benzene rings is 1. The molecule has 2 atom stereocenters. The van der Waals surface area contributed by atoms with Crippen LogP contribution in [0.25, 0.3) is 0 Å². The van der Waals surface area contributed by atoms with E-state index >= 15 is 0 Å². The maximum atomic E-state index is 11.9. The van der Waals surface area contributed by atoms with Crippen LogP contribution in [0.15, 0.2) is 28.7 Å². The lowest BCUT2D eigenvalue weighted by molar-refractivity contribution is -0.125. The zero-order valence-electron chi connectivity index (χ0n) is 10.7. The fraction of sp³-hybridized carbons (Fsp3) is 0.500. The molecule has 0 aromatic heterocycles. The fourth-order valence-corrected chi connectivity index (χ4v) is 2.20.